The van der Waals surface area contributed by atoms with E-state index in [0.717, 1.165) is 29.0 Å². The number of carboxylic acid groups (broad SMARTS) is 1. The number of carbonyl (C=O) groups is 1. The van der Waals surface area contributed by atoms with Crippen LogP contribution in [0.5, 0.6) is 5.75 Å². The lowest BCUT2D eigenvalue weighted by atomic mass is 10.1. The summed E-state index contributed by atoms with van der Waals surface area (Å²) in [5.74, 6) is -0.0354. The van der Waals surface area contributed by atoms with E-state index in [9.17, 15) is 23.1 Å². The van der Waals surface area contributed by atoms with Gasteiger partial charge in [-0.15, -0.1) is 13.2 Å². The number of amides is 1. The number of nitrogens with zero attached hydrogens (tertiary/aromatic N) is 5. The Labute approximate surface area is 226 Å². The molecular formula is C28H22F3N5O4. The van der Waals surface area contributed by atoms with Gasteiger partial charge in [-0.05, 0) is 60.5 Å². The second kappa shape index (κ2) is 10.9. The van der Waals surface area contributed by atoms with Gasteiger partial charge in [0, 0.05) is 16.9 Å². The van der Waals surface area contributed by atoms with E-state index in [0.29, 0.717) is 23.5 Å². The highest BCUT2D eigenvalue weighted by molar-refractivity contribution is 5.86. The van der Waals surface area contributed by atoms with Crippen molar-refractivity contribution in [3.63, 3.8) is 0 Å². The molecule has 0 saturated carbocycles. The molecule has 204 valence electrons. The van der Waals surface area contributed by atoms with Crippen molar-refractivity contribution in [1.29, 1.82) is 0 Å². The van der Waals surface area contributed by atoms with Crippen molar-refractivity contribution in [3.05, 3.63) is 102 Å². The highest BCUT2D eigenvalue weighted by Gasteiger charge is 2.31. The van der Waals surface area contributed by atoms with Gasteiger partial charge in [0.05, 0.1) is 13.1 Å². The second-order valence-electron chi connectivity index (χ2n) is 8.85. The predicted octanol–water partition coefficient (Wildman–Crippen LogP) is 6.54. The molecule has 40 heavy (non-hydrogen) atoms. The van der Waals surface area contributed by atoms with Gasteiger partial charge < -0.3 is 14.4 Å². The smallest absolute Gasteiger partial charge is 0.465 e. The summed E-state index contributed by atoms with van der Waals surface area (Å²) in [6, 6.07) is 23.4. The average Bonchev–Trinajstić information content (AvgIpc) is 3.55. The van der Waals surface area contributed by atoms with Gasteiger partial charge in [-0.2, -0.15) is 10.1 Å². The minimum Gasteiger partial charge on any atom is -0.465 e. The lowest BCUT2D eigenvalue weighted by Gasteiger charge is -2.20. The Hall–Kier alpha value is -5.13. The molecule has 0 atom stereocenters. The molecule has 5 rings (SSSR count). The Bertz CT molecular complexity index is 1620. The monoisotopic (exact) mass is 549 g/mol. The van der Waals surface area contributed by atoms with Crippen LogP contribution in [0.15, 0.2) is 89.5 Å². The molecule has 2 heterocycles. The standard InChI is InChI=1S/C28H22F3N5O4/c1-18-14-24(26-32-25(34-40-26)21-10-12-23(13-11-21)39-28(29,30)31)33-36(18)17-20-8-5-9-22(15-20)35(27(37)38)16-19-6-3-2-4-7-19/h2-15H,16-17H2,1H3,(H,37,38). The summed E-state index contributed by atoms with van der Waals surface area (Å²) < 4.78 is 48.2. The van der Waals surface area contributed by atoms with E-state index in [1.807, 2.05) is 43.3 Å². The zero-order valence-electron chi connectivity index (χ0n) is 21.0. The molecule has 0 aliphatic carbocycles. The predicted molar refractivity (Wildman–Crippen MR) is 139 cm³/mol. The average molecular weight is 550 g/mol. The van der Waals surface area contributed by atoms with Crippen molar-refractivity contribution in [2.45, 2.75) is 26.4 Å². The number of alkyl halides is 3. The van der Waals surface area contributed by atoms with Gasteiger partial charge in [0.15, 0.2) is 5.69 Å². The van der Waals surface area contributed by atoms with Crippen molar-refractivity contribution in [2.24, 2.45) is 0 Å². The summed E-state index contributed by atoms with van der Waals surface area (Å²) in [6.45, 7) is 2.43. The topological polar surface area (TPSA) is 107 Å². The summed E-state index contributed by atoms with van der Waals surface area (Å²) in [5.41, 5.74) is 3.89. The zero-order chi connectivity index (χ0) is 28.3. The van der Waals surface area contributed by atoms with Crippen LogP contribution >= 0.6 is 0 Å². The highest BCUT2D eigenvalue weighted by Crippen LogP contribution is 2.27. The molecule has 9 nitrogen and oxygen atoms in total. The molecule has 3 aromatic carbocycles. The van der Waals surface area contributed by atoms with E-state index in [4.69, 9.17) is 4.52 Å². The molecule has 1 N–H and O–H groups in total. The number of hydrogen-bond acceptors (Lipinski definition) is 6. The lowest BCUT2D eigenvalue weighted by Crippen LogP contribution is -2.28. The van der Waals surface area contributed by atoms with E-state index in [1.165, 1.54) is 17.0 Å². The zero-order valence-corrected chi connectivity index (χ0v) is 21.0. The van der Waals surface area contributed by atoms with Gasteiger partial charge in [0.1, 0.15) is 5.75 Å². The van der Waals surface area contributed by atoms with Crippen molar-refractivity contribution >= 4 is 11.8 Å². The maximum absolute atomic E-state index is 12.4. The normalized spacial score (nSPS) is 11.4. The first-order chi connectivity index (χ1) is 19.1. The van der Waals surface area contributed by atoms with Crippen LogP contribution in [0.3, 0.4) is 0 Å². The minimum atomic E-state index is -4.78. The number of aromatic nitrogens is 4. The van der Waals surface area contributed by atoms with Crippen LogP contribution in [0, 0.1) is 6.92 Å². The third-order valence-corrected chi connectivity index (χ3v) is 5.94. The molecule has 5 aromatic rings. The van der Waals surface area contributed by atoms with Gasteiger partial charge >= 0.3 is 12.5 Å². The Morgan fingerprint density at radius 2 is 1.73 bits per heavy atom. The second-order valence-corrected chi connectivity index (χ2v) is 8.85. The number of ether oxygens (including phenoxy) is 1. The largest absolute Gasteiger partial charge is 0.573 e. The van der Waals surface area contributed by atoms with E-state index in [2.05, 4.69) is 20.0 Å². The van der Waals surface area contributed by atoms with Crippen molar-refractivity contribution in [3.8, 4) is 28.7 Å². The third kappa shape index (κ3) is 6.29. The van der Waals surface area contributed by atoms with Gasteiger partial charge in [0.25, 0.3) is 5.89 Å². The third-order valence-electron chi connectivity index (χ3n) is 5.94. The molecule has 2 aromatic heterocycles. The van der Waals surface area contributed by atoms with Gasteiger partial charge in [0.2, 0.25) is 5.82 Å². The van der Waals surface area contributed by atoms with Crippen molar-refractivity contribution in [1.82, 2.24) is 19.9 Å². The fraction of sp³-hybridized carbons (Fsp3) is 0.143. The first kappa shape index (κ1) is 26.5. The van der Waals surface area contributed by atoms with Crippen LogP contribution in [0.2, 0.25) is 0 Å². The van der Waals surface area contributed by atoms with Crippen molar-refractivity contribution in [2.75, 3.05) is 4.90 Å². The quantitative estimate of drug-likeness (QED) is 0.234. The molecular weight excluding hydrogens is 527 g/mol. The molecule has 0 bridgehead atoms. The number of anilines is 1. The molecule has 0 aliphatic rings. The molecule has 0 unspecified atom stereocenters. The summed E-state index contributed by atoms with van der Waals surface area (Å²) >= 11 is 0. The molecule has 0 aliphatic heterocycles. The number of benzene rings is 3. The van der Waals surface area contributed by atoms with Crippen LogP contribution in [-0.2, 0) is 13.1 Å². The fourth-order valence-electron chi connectivity index (χ4n) is 4.06. The number of rotatable bonds is 8. The van der Waals surface area contributed by atoms with Crippen LogP contribution in [0.4, 0.5) is 23.7 Å². The molecule has 0 radical (unpaired) electrons. The summed E-state index contributed by atoms with van der Waals surface area (Å²) in [4.78, 5) is 17.6. The first-order valence-electron chi connectivity index (χ1n) is 12.0. The van der Waals surface area contributed by atoms with E-state index in [1.54, 1.807) is 28.9 Å². The molecule has 0 fully saturated rings. The number of halogens is 3. The summed E-state index contributed by atoms with van der Waals surface area (Å²) in [7, 11) is 0. The Morgan fingerprint density at radius 1 is 1.00 bits per heavy atom. The van der Waals surface area contributed by atoms with Crippen molar-refractivity contribution < 1.29 is 32.3 Å². The molecule has 1 amide bonds. The summed E-state index contributed by atoms with van der Waals surface area (Å²) in [5, 5.41) is 18.3. The first-order valence-corrected chi connectivity index (χ1v) is 12.0. The van der Waals surface area contributed by atoms with Gasteiger partial charge in [-0.1, -0.05) is 47.6 Å². The lowest BCUT2D eigenvalue weighted by molar-refractivity contribution is -0.274. The van der Waals surface area contributed by atoms with Gasteiger partial charge in [-0.3, -0.25) is 9.58 Å². The molecule has 0 spiro atoms. The maximum atomic E-state index is 12.4. The van der Waals surface area contributed by atoms with Gasteiger partial charge in [-0.25, -0.2) is 4.79 Å². The van der Waals surface area contributed by atoms with Crippen LogP contribution in [0.25, 0.3) is 23.0 Å². The maximum Gasteiger partial charge on any atom is 0.573 e. The van der Waals surface area contributed by atoms with E-state index < -0.39 is 12.5 Å². The van der Waals surface area contributed by atoms with Crippen LogP contribution in [-0.4, -0.2) is 37.5 Å². The van der Waals surface area contributed by atoms with E-state index >= 15 is 0 Å². The molecule has 0 saturated heterocycles. The number of aryl methyl sites for hydroxylation is 1. The Morgan fingerprint density at radius 3 is 2.42 bits per heavy atom. The van der Waals surface area contributed by atoms with E-state index in [-0.39, 0.29) is 24.0 Å². The Kier molecular flexibility index (Phi) is 7.23. The number of hydrogen-bond donors (Lipinski definition) is 1. The molecule has 12 heteroatoms. The SMILES string of the molecule is Cc1cc(-c2nc(-c3ccc(OC(F)(F)F)cc3)no2)nn1Cc1cccc(N(Cc2ccccc2)C(=O)O)c1. The fourth-order valence-corrected chi connectivity index (χ4v) is 4.06. The van der Waals surface area contributed by atoms with Crippen LogP contribution < -0.4 is 9.64 Å². The summed E-state index contributed by atoms with van der Waals surface area (Å²) in [6.07, 6.45) is -5.84. The Balaban J connectivity index is 1.32. The minimum absolute atomic E-state index is 0.140. The highest BCUT2D eigenvalue weighted by atomic mass is 19.4. The van der Waals surface area contributed by atoms with Crippen LogP contribution in [0.1, 0.15) is 16.8 Å².